The van der Waals surface area contributed by atoms with E-state index in [0.717, 1.165) is 18.9 Å². The molecule has 2 atom stereocenters. The molecule has 1 N–H and O–H groups in total. The Labute approximate surface area is 124 Å². The molecule has 0 bridgehead atoms. The van der Waals surface area contributed by atoms with Crippen LogP contribution in [0.25, 0.3) is 0 Å². The molecule has 1 saturated heterocycles. The molecule has 1 aliphatic heterocycles. The lowest BCUT2D eigenvalue weighted by molar-refractivity contribution is -0.137. The molecule has 1 aliphatic carbocycles. The van der Waals surface area contributed by atoms with E-state index in [1.54, 1.807) is 0 Å². The molecule has 2 aliphatic rings. The molecule has 3 rings (SSSR count). The maximum absolute atomic E-state index is 10.8. The van der Waals surface area contributed by atoms with E-state index in [1.807, 2.05) is 11.3 Å². The summed E-state index contributed by atoms with van der Waals surface area (Å²) >= 11 is 1.88. The average molecular weight is 293 g/mol. The SMILES string of the molecule is O=C(O)CCC1CCCN(C(c2cccs2)C2CC2)C1. The van der Waals surface area contributed by atoms with Gasteiger partial charge < -0.3 is 5.11 Å². The highest BCUT2D eigenvalue weighted by molar-refractivity contribution is 7.10. The minimum atomic E-state index is -0.654. The van der Waals surface area contributed by atoms with Crippen LogP contribution in [0.2, 0.25) is 0 Å². The van der Waals surface area contributed by atoms with E-state index < -0.39 is 5.97 Å². The van der Waals surface area contributed by atoms with Crippen LogP contribution in [-0.2, 0) is 4.79 Å². The molecule has 2 heterocycles. The van der Waals surface area contributed by atoms with Crippen molar-refractivity contribution in [2.45, 2.75) is 44.6 Å². The van der Waals surface area contributed by atoms with E-state index in [0.29, 0.717) is 18.4 Å². The number of piperidine rings is 1. The van der Waals surface area contributed by atoms with Crippen molar-refractivity contribution in [3.8, 4) is 0 Å². The van der Waals surface area contributed by atoms with Crippen molar-refractivity contribution < 1.29 is 9.90 Å². The van der Waals surface area contributed by atoms with Gasteiger partial charge in [0.1, 0.15) is 0 Å². The molecule has 110 valence electrons. The van der Waals surface area contributed by atoms with E-state index in [9.17, 15) is 4.79 Å². The van der Waals surface area contributed by atoms with Crippen molar-refractivity contribution in [1.29, 1.82) is 0 Å². The van der Waals surface area contributed by atoms with Crippen LogP contribution in [0.15, 0.2) is 17.5 Å². The van der Waals surface area contributed by atoms with Crippen LogP contribution < -0.4 is 0 Å². The normalized spacial score (nSPS) is 25.5. The van der Waals surface area contributed by atoms with Crippen molar-refractivity contribution in [3.05, 3.63) is 22.4 Å². The second-order valence-corrected chi connectivity index (χ2v) is 7.21. The molecule has 1 aromatic rings. The Morgan fingerprint density at radius 1 is 1.45 bits per heavy atom. The largest absolute Gasteiger partial charge is 0.481 e. The summed E-state index contributed by atoms with van der Waals surface area (Å²) in [6, 6.07) is 5.03. The number of likely N-dealkylation sites (tertiary alicyclic amines) is 1. The van der Waals surface area contributed by atoms with Gasteiger partial charge in [0.05, 0.1) is 0 Å². The van der Waals surface area contributed by atoms with Gasteiger partial charge in [-0.25, -0.2) is 0 Å². The third-order valence-corrected chi connectivity index (χ3v) is 5.56. The Balaban J connectivity index is 1.64. The van der Waals surface area contributed by atoms with Crippen LogP contribution in [0.5, 0.6) is 0 Å². The predicted molar refractivity (Wildman–Crippen MR) is 81.0 cm³/mol. The first-order valence-electron chi connectivity index (χ1n) is 7.73. The second kappa shape index (κ2) is 6.27. The maximum atomic E-state index is 10.8. The summed E-state index contributed by atoms with van der Waals surface area (Å²) in [5, 5.41) is 11.0. The molecule has 0 aromatic carbocycles. The molecule has 3 nitrogen and oxygen atoms in total. The molecular formula is C16H23NO2S. The van der Waals surface area contributed by atoms with Crippen molar-refractivity contribution in [2.75, 3.05) is 13.1 Å². The minimum absolute atomic E-state index is 0.325. The number of carbonyl (C=O) groups is 1. The molecule has 2 fully saturated rings. The van der Waals surface area contributed by atoms with Gasteiger partial charge in [0.15, 0.2) is 0 Å². The van der Waals surface area contributed by atoms with Crippen LogP contribution in [0.3, 0.4) is 0 Å². The highest BCUT2D eigenvalue weighted by Gasteiger charge is 2.38. The number of aliphatic carboxylic acids is 1. The van der Waals surface area contributed by atoms with Crippen LogP contribution in [0.4, 0.5) is 0 Å². The molecule has 0 amide bonds. The first kappa shape index (κ1) is 14.1. The Morgan fingerprint density at radius 3 is 2.95 bits per heavy atom. The fourth-order valence-electron chi connectivity index (χ4n) is 3.50. The quantitative estimate of drug-likeness (QED) is 0.868. The summed E-state index contributed by atoms with van der Waals surface area (Å²) in [4.78, 5) is 14.9. The lowest BCUT2D eigenvalue weighted by Gasteiger charge is -2.38. The number of carboxylic acids is 1. The number of nitrogens with zero attached hydrogens (tertiary/aromatic N) is 1. The Hall–Kier alpha value is -0.870. The minimum Gasteiger partial charge on any atom is -0.481 e. The van der Waals surface area contributed by atoms with Gasteiger partial charge in [-0.15, -0.1) is 11.3 Å². The number of carboxylic acid groups (broad SMARTS) is 1. The second-order valence-electron chi connectivity index (χ2n) is 6.23. The van der Waals surface area contributed by atoms with E-state index in [2.05, 4.69) is 22.4 Å². The average Bonchev–Trinajstić information content (AvgIpc) is 3.12. The van der Waals surface area contributed by atoms with Crippen LogP contribution in [0.1, 0.15) is 49.4 Å². The lowest BCUT2D eigenvalue weighted by Crippen LogP contribution is -2.39. The first-order valence-corrected chi connectivity index (χ1v) is 8.61. The Kier molecular flexibility index (Phi) is 4.41. The van der Waals surface area contributed by atoms with Crippen molar-refractivity contribution in [3.63, 3.8) is 0 Å². The third-order valence-electron chi connectivity index (χ3n) is 4.61. The van der Waals surface area contributed by atoms with Gasteiger partial charge in [0.25, 0.3) is 0 Å². The maximum Gasteiger partial charge on any atom is 0.303 e. The number of hydrogen-bond acceptors (Lipinski definition) is 3. The highest BCUT2D eigenvalue weighted by atomic mass is 32.1. The van der Waals surface area contributed by atoms with Gasteiger partial charge in [0.2, 0.25) is 0 Å². The van der Waals surface area contributed by atoms with E-state index >= 15 is 0 Å². The highest BCUT2D eigenvalue weighted by Crippen LogP contribution is 2.47. The molecule has 2 unspecified atom stereocenters. The standard InChI is InChI=1S/C16H23NO2S/c18-15(19)8-5-12-3-1-9-17(11-12)16(13-6-7-13)14-4-2-10-20-14/h2,4,10,12-13,16H,1,3,5-9,11H2,(H,18,19). The van der Waals surface area contributed by atoms with Crippen molar-refractivity contribution in [1.82, 2.24) is 4.90 Å². The summed E-state index contributed by atoms with van der Waals surface area (Å²) in [7, 11) is 0. The van der Waals surface area contributed by atoms with E-state index in [-0.39, 0.29) is 0 Å². The first-order chi connectivity index (χ1) is 9.74. The van der Waals surface area contributed by atoms with Gasteiger partial charge in [-0.05, 0) is 61.9 Å². The van der Waals surface area contributed by atoms with Crippen LogP contribution in [0, 0.1) is 11.8 Å². The lowest BCUT2D eigenvalue weighted by atomic mass is 9.91. The Bertz CT molecular complexity index is 441. The number of rotatable bonds is 6. The van der Waals surface area contributed by atoms with Gasteiger partial charge in [-0.3, -0.25) is 9.69 Å². The summed E-state index contributed by atoms with van der Waals surface area (Å²) in [6.07, 6.45) is 6.31. The van der Waals surface area contributed by atoms with Crippen LogP contribution in [-0.4, -0.2) is 29.1 Å². The molecule has 4 heteroatoms. The van der Waals surface area contributed by atoms with Gasteiger partial charge in [-0.2, -0.15) is 0 Å². The van der Waals surface area contributed by atoms with Crippen LogP contribution >= 0.6 is 11.3 Å². The van der Waals surface area contributed by atoms with Gasteiger partial charge >= 0.3 is 5.97 Å². The zero-order valence-electron chi connectivity index (χ0n) is 11.8. The molecule has 1 aromatic heterocycles. The monoisotopic (exact) mass is 293 g/mol. The third kappa shape index (κ3) is 3.41. The van der Waals surface area contributed by atoms with Gasteiger partial charge in [0, 0.05) is 23.9 Å². The topological polar surface area (TPSA) is 40.5 Å². The number of thiophene rings is 1. The summed E-state index contributed by atoms with van der Waals surface area (Å²) < 4.78 is 0. The molecule has 0 radical (unpaired) electrons. The predicted octanol–water partition coefficient (Wildman–Crippen LogP) is 3.78. The summed E-state index contributed by atoms with van der Waals surface area (Å²) in [6.45, 7) is 2.27. The van der Waals surface area contributed by atoms with E-state index in [4.69, 9.17) is 5.11 Å². The van der Waals surface area contributed by atoms with E-state index in [1.165, 1.54) is 37.1 Å². The summed E-state index contributed by atoms with van der Waals surface area (Å²) in [5.41, 5.74) is 0. The summed E-state index contributed by atoms with van der Waals surface area (Å²) in [5.74, 6) is 0.757. The smallest absolute Gasteiger partial charge is 0.303 e. The molecular weight excluding hydrogens is 270 g/mol. The fraction of sp³-hybridized carbons (Fsp3) is 0.688. The molecule has 0 spiro atoms. The van der Waals surface area contributed by atoms with Crippen molar-refractivity contribution >= 4 is 17.3 Å². The molecule has 1 saturated carbocycles. The number of hydrogen-bond donors (Lipinski definition) is 1. The Morgan fingerprint density at radius 2 is 2.30 bits per heavy atom. The zero-order chi connectivity index (χ0) is 13.9. The zero-order valence-corrected chi connectivity index (χ0v) is 12.6. The molecule has 20 heavy (non-hydrogen) atoms. The van der Waals surface area contributed by atoms with Crippen molar-refractivity contribution in [2.24, 2.45) is 11.8 Å². The fourth-order valence-corrected chi connectivity index (χ4v) is 4.45. The van der Waals surface area contributed by atoms with Gasteiger partial charge in [-0.1, -0.05) is 6.07 Å².